The largest absolute Gasteiger partial charge is 0.445 e. The number of hydrogen-bond acceptors (Lipinski definition) is 4. The molecule has 216 valence electrons. The number of alkyl carbamates (subject to hydrolysis) is 1. The molecule has 5 nitrogen and oxygen atoms in total. The highest BCUT2D eigenvalue weighted by Crippen LogP contribution is 2.50. The third kappa shape index (κ3) is 7.09. The van der Waals surface area contributed by atoms with Crippen LogP contribution in [0.4, 0.5) is 50.1 Å². The zero-order chi connectivity index (χ0) is 29.6. The Labute approximate surface area is 225 Å². The Morgan fingerprint density at radius 2 is 1.56 bits per heavy atom. The summed E-state index contributed by atoms with van der Waals surface area (Å²) in [5.41, 5.74) is -7.98. The first-order valence-corrected chi connectivity index (χ1v) is 12.1. The number of nitrogens with zero attached hydrogens (tertiary/aromatic N) is 2. The number of aromatic nitrogens is 1. The van der Waals surface area contributed by atoms with Crippen molar-refractivity contribution >= 4 is 27.8 Å². The number of ether oxygens (including phenoxy) is 1. The van der Waals surface area contributed by atoms with Crippen molar-refractivity contribution < 1.29 is 49.0 Å². The summed E-state index contributed by atoms with van der Waals surface area (Å²) >= 11 is 3.16. The summed E-state index contributed by atoms with van der Waals surface area (Å²) in [4.78, 5) is 17.2. The lowest BCUT2D eigenvalue weighted by atomic mass is 9.77. The number of rotatable bonds is 4. The van der Waals surface area contributed by atoms with Crippen LogP contribution in [0.25, 0.3) is 0 Å². The minimum Gasteiger partial charge on any atom is -0.445 e. The van der Waals surface area contributed by atoms with Gasteiger partial charge in [-0.05, 0) is 79.0 Å². The summed E-state index contributed by atoms with van der Waals surface area (Å²) in [6.07, 6.45) is -17.3. The van der Waals surface area contributed by atoms with Crippen molar-refractivity contribution in [2.75, 3.05) is 18.0 Å². The second kappa shape index (κ2) is 10.4. The van der Waals surface area contributed by atoms with E-state index in [1.165, 1.54) is 12.1 Å². The van der Waals surface area contributed by atoms with Gasteiger partial charge in [0.1, 0.15) is 22.4 Å². The SMILES string of the molecule is CC(C)(C)NC(=O)OCc1ccc(N2CCC(c3cc(C(F)(F)F)cc(C(F)(F)F)c3)(C(F)(F)F)C2)nc1Br. The van der Waals surface area contributed by atoms with Crippen LogP contribution in [0.1, 0.15) is 49.4 Å². The van der Waals surface area contributed by atoms with Crippen molar-refractivity contribution in [2.24, 2.45) is 0 Å². The Kier molecular flexibility index (Phi) is 8.19. The van der Waals surface area contributed by atoms with Gasteiger partial charge in [-0.2, -0.15) is 39.5 Å². The standard InChI is InChI=1S/C24H23BrF9N3O2/c1-20(2,3)36-19(38)39-11-13-4-5-17(35-18(13)25)37-7-6-21(12-37,24(32,33)34)14-8-15(22(26,27)28)10-16(9-14)23(29,30)31/h4-5,8-10H,6-7,11-12H2,1-3H3,(H,36,38). The Balaban J connectivity index is 1.93. The first-order chi connectivity index (χ1) is 17.6. The van der Waals surface area contributed by atoms with Gasteiger partial charge in [-0.3, -0.25) is 0 Å². The molecular formula is C24H23BrF9N3O2. The van der Waals surface area contributed by atoms with Crippen LogP contribution in [0.15, 0.2) is 34.9 Å². The molecule has 0 bridgehead atoms. The van der Waals surface area contributed by atoms with Crippen LogP contribution < -0.4 is 10.2 Å². The number of hydrogen-bond donors (Lipinski definition) is 1. The molecule has 1 amide bonds. The second-order valence-electron chi connectivity index (χ2n) is 10.1. The van der Waals surface area contributed by atoms with E-state index < -0.39 is 65.2 Å². The minimum absolute atomic E-state index is 0.00101. The predicted molar refractivity (Wildman–Crippen MR) is 126 cm³/mol. The molecule has 1 atom stereocenters. The van der Waals surface area contributed by atoms with Gasteiger partial charge in [0, 0.05) is 24.2 Å². The first-order valence-electron chi connectivity index (χ1n) is 11.3. The zero-order valence-electron chi connectivity index (χ0n) is 20.7. The summed E-state index contributed by atoms with van der Waals surface area (Å²) in [5, 5.41) is 2.58. The van der Waals surface area contributed by atoms with Crippen LogP contribution in [0, 0.1) is 0 Å². The van der Waals surface area contributed by atoms with Gasteiger partial charge in [0.05, 0.1) is 11.1 Å². The molecule has 1 N–H and O–H groups in total. The molecule has 1 unspecified atom stereocenters. The third-order valence-electron chi connectivity index (χ3n) is 6.02. The van der Waals surface area contributed by atoms with Crippen molar-refractivity contribution in [3.05, 3.63) is 57.2 Å². The van der Waals surface area contributed by atoms with E-state index in [1.54, 1.807) is 20.8 Å². The van der Waals surface area contributed by atoms with Crippen molar-refractivity contribution in [1.29, 1.82) is 0 Å². The molecule has 1 aliphatic heterocycles. The number of benzene rings is 1. The molecule has 1 aromatic carbocycles. The summed E-state index contributed by atoms with van der Waals surface area (Å²) < 4.78 is 129. The molecule has 1 aliphatic rings. The van der Waals surface area contributed by atoms with Gasteiger partial charge in [0.2, 0.25) is 0 Å². The van der Waals surface area contributed by atoms with Crippen molar-refractivity contribution in [3.63, 3.8) is 0 Å². The zero-order valence-corrected chi connectivity index (χ0v) is 22.3. The molecule has 0 saturated carbocycles. The molecule has 15 heteroatoms. The fourth-order valence-corrected chi connectivity index (χ4v) is 4.52. The van der Waals surface area contributed by atoms with Crippen LogP contribution in [0.2, 0.25) is 0 Å². The maximum atomic E-state index is 14.4. The summed E-state index contributed by atoms with van der Waals surface area (Å²) in [5.74, 6) is -0.00101. The number of pyridine rings is 1. The lowest BCUT2D eigenvalue weighted by molar-refractivity contribution is -0.185. The van der Waals surface area contributed by atoms with Crippen molar-refractivity contribution in [2.45, 2.75) is 63.3 Å². The second-order valence-corrected chi connectivity index (χ2v) is 10.9. The minimum atomic E-state index is -5.30. The molecule has 0 aliphatic carbocycles. The molecule has 3 rings (SSSR count). The van der Waals surface area contributed by atoms with E-state index in [1.807, 2.05) is 0 Å². The number of anilines is 1. The molecule has 39 heavy (non-hydrogen) atoms. The van der Waals surface area contributed by atoms with E-state index in [4.69, 9.17) is 4.74 Å². The summed E-state index contributed by atoms with van der Waals surface area (Å²) in [6, 6.07) is 2.79. The highest BCUT2D eigenvalue weighted by molar-refractivity contribution is 9.10. The molecule has 2 heterocycles. The van der Waals surface area contributed by atoms with Crippen LogP contribution >= 0.6 is 15.9 Å². The average Bonchev–Trinajstić information content (AvgIpc) is 3.22. The van der Waals surface area contributed by atoms with E-state index in [0.29, 0.717) is 5.56 Å². The van der Waals surface area contributed by atoms with Gasteiger partial charge in [-0.15, -0.1) is 0 Å². The van der Waals surface area contributed by atoms with Gasteiger partial charge >= 0.3 is 24.6 Å². The third-order valence-corrected chi connectivity index (χ3v) is 6.71. The number of nitrogens with one attached hydrogen (secondary N) is 1. The number of carbonyl (C=O) groups excluding carboxylic acids is 1. The quantitative estimate of drug-likeness (QED) is 0.277. The summed E-state index contributed by atoms with van der Waals surface area (Å²) in [7, 11) is 0. The van der Waals surface area contributed by atoms with E-state index >= 15 is 0 Å². The van der Waals surface area contributed by atoms with Crippen LogP contribution in [-0.2, 0) is 29.1 Å². The molecule has 1 saturated heterocycles. The molecular weight excluding hydrogens is 613 g/mol. The van der Waals surface area contributed by atoms with Gasteiger partial charge in [-0.1, -0.05) is 0 Å². The van der Waals surface area contributed by atoms with Gasteiger partial charge in [-0.25, -0.2) is 9.78 Å². The molecule has 0 radical (unpaired) electrons. The van der Waals surface area contributed by atoms with Crippen molar-refractivity contribution in [3.8, 4) is 0 Å². The maximum Gasteiger partial charge on any atom is 0.416 e. The van der Waals surface area contributed by atoms with E-state index in [2.05, 4.69) is 26.2 Å². The normalized spacial score (nSPS) is 18.8. The van der Waals surface area contributed by atoms with Crippen LogP contribution in [-0.4, -0.2) is 35.9 Å². The average molecular weight is 636 g/mol. The first kappa shape index (κ1) is 30.8. The Bertz CT molecular complexity index is 1190. The number of carbonyl (C=O) groups is 1. The lowest BCUT2D eigenvalue weighted by Gasteiger charge is -2.33. The van der Waals surface area contributed by atoms with Crippen molar-refractivity contribution in [1.82, 2.24) is 10.3 Å². The number of halogens is 10. The number of alkyl halides is 9. The topological polar surface area (TPSA) is 54.5 Å². The molecule has 1 fully saturated rings. The Morgan fingerprint density at radius 1 is 1.00 bits per heavy atom. The fourth-order valence-electron chi connectivity index (χ4n) is 4.09. The predicted octanol–water partition coefficient (Wildman–Crippen LogP) is 7.62. The highest BCUT2D eigenvalue weighted by Gasteiger charge is 2.60. The van der Waals surface area contributed by atoms with E-state index in [0.717, 1.165) is 4.90 Å². The Morgan fingerprint density at radius 3 is 2.03 bits per heavy atom. The lowest BCUT2D eigenvalue weighted by Crippen LogP contribution is -2.45. The van der Waals surface area contributed by atoms with Crippen LogP contribution in [0.5, 0.6) is 0 Å². The van der Waals surface area contributed by atoms with Crippen LogP contribution in [0.3, 0.4) is 0 Å². The van der Waals surface area contributed by atoms with Gasteiger partial charge in [0.25, 0.3) is 0 Å². The van der Waals surface area contributed by atoms with E-state index in [-0.39, 0.29) is 41.8 Å². The maximum absolute atomic E-state index is 14.4. The Hall–Kier alpha value is -2.71. The monoisotopic (exact) mass is 635 g/mol. The smallest absolute Gasteiger partial charge is 0.416 e. The fraction of sp³-hybridized carbons (Fsp3) is 0.500. The molecule has 2 aromatic rings. The van der Waals surface area contributed by atoms with Gasteiger partial charge < -0.3 is 15.0 Å². The highest BCUT2D eigenvalue weighted by atomic mass is 79.9. The summed E-state index contributed by atoms with van der Waals surface area (Å²) in [6.45, 7) is 3.67. The van der Waals surface area contributed by atoms with E-state index in [9.17, 15) is 44.3 Å². The van der Waals surface area contributed by atoms with Gasteiger partial charge in [0.15, 0.2) is 0 Å². The molecule has 1 aromatic heterocycles. The number of amides is 1. The molecule has 0 spiro atoms.